The van der Waals surface area contributed by atoms with Gasteiger partial charge in [0.2, 0.25) is 10.0 Å². The van der Waals surface area contributed by atoms with E-state index >= 15 is 0 Å². The predicted octanol–water partition coefficient (Wildman–Crippen LogP) is 2.71. The maximum atomic E-state index is 12.5. The van der Waals surface area contributed by atoms with Gasteiger partial charge in [-0.15, -0.1) is 11.3 Å². The molecule has 2 saturated carbocycles. The van der Waals surface area contributed by atoms with Crippen LogP contribution in [0.1, 0.15) is 45.4 Å². The standard InChI is InChI=1S/C15H24N2O2S2/c1-14(2)13(15(14,3)4)17-21(18,19)12-7-11(20-9-12)8-16-10-5-6-10/h7,9-10,13,16-17H,5-6,8H2,1-4H3. The first-order valence-electron chi connectivity index (χ1n) is 7.48. The highest BCUT2D eigenvalue weighted by Crippen LogP contribution is 2.62. The Morgan fingerprint density at radius 3 is 2.38 bits per heavy atom. The topological polar surface area (TPSA) is 58.2 Å². The fourth-order valence-electron chi connectivity index (χ4n) is 2.84. The van der Waals surface area contributed by atoms with E-state index in [0.717, 1.165) is 11.4 Å². The van der Waals surface area contributed by atoms with Gasteiger partial charge in [-0.3, -0.25) is 0 Å². The van der Waals surface area contributed by atoms with E-state index in [2.05, 4.69) is 37.7 Å². The number of hydrogen-bond acceptors (Lipinski definition) is 4. The van der Waals surface area contributed by atoms with Crippen molar-refractivity contribution in [2.75, 3.05) is 0 Å². The summed E-state index contributed by atoms with van der Waals surface area (Å²) in [5, 5.41) is 5.16. The molecule has 0 radical (unpaired) electrons. The van der Waals surface area contributed by atoms with Crippen LogP contribution in [0.3, 0.4) is 0 Å². The Bertz CT molecular complexity index is 628. The van der Waals surface area contributed by atoms with Crippen LogP contribution in [0.15, 0.2) is 16.3 Å². The largest absolute Gasteiger partial charge is 0.309 e. The molecule has 1 heterocycles. The van der Waals surface area contributed by atoms with Gasteiger partial charge in [0.15, 0.2) is 0 Å². The molecule has 1 aromatic heterocycles. The highest BCUT2D eigenvalue weighted by molar-refractivity contribution is 7.89. The molecule has 2 fully saturated rings. The Labute approximate surface area is 131 Å². The lowest BCUT2D eigenvalue weighted by molar-refractivity contribution is 0.457. The van der Waals surface area contributed by atoms with Crippen LogP contribution in [0.25, 0.3) is 0 Å². The summed E-state index contributed by atoms with van der Waals surface area (Å²) < 4.78 is 27.9. The predicted molar refractivity (Wildman–Crippen MR) is 85.9 cm³/mol. The normalized spacial score (nSPS) is 24.2. The van der Waals surface area contributed by atoms with Crippen molar-refractivity contribution < 1.29 is 8.42 Å². The monoisotopic (exact) mass is 328 g/mol. The minimum absolute atomic E-state index is 0.00272. The lowest BCUT2D eigenvalue weighted by Crippen LogP contribution is -2.29. The van der Waals surface area contributed by atoms with Gasteiger partial charge in [0.05, 0.1) is 4.90 Å². The third-order valence-corrected chi connectivity index (χ3v) is 7.86. The van der Waals surface area contributed by atoms with E-state index in [1.807, 2.05) is 0 Å². The molecule has 4 nitrogen and oxygen atoms in total. The molecular weight excluding hydrogens is 304 g/mol. The van der Waals surface area contributed by atoms with Gasteiger partial charge in [-0.05, 0) is 29.7 Å². The number of nitrogens with one attached hydrogen (secondary N) is 2. The van der Waals surface area contributed by atoms with Crippen LogP contribution in [0.2, 0.25) is 0 Å². The molecule has 0 spiro atoms. The second-order valence-corrected chi connectivity index (χ2v) is 10.1. The average Bonchev–Trinajstić information content (AvgIpc) is 3.18. The maximum absolute atomic E-state index is 12.5. The van der Waals surface area contributed by atoms with Gasteiger partial charge in [-0.2, -0.15) is 0 Å². The summed E-state index contributed by atoms with van der Waals surface area (Å²) in [6.07, 6.45) is 2.48. The van der Waals surface area contributed by atoms with Crippen molar-refractivity contribution in [3.05, 3.63) is 16.3 Å². The smallest absolute Gasteiger partial charge is 0.241 e. The Hall–Kier alpha value is -0.430. The lowest BCUT2D eigenvalue weighted by Gasteiger charge is -2.06. The number of hydrogen-bond donors (Lipinski definition) is 2. The first kappa shape index (κ1) is 15.5. The summed E-state index contributed by atoms with van der Waals surface area (Å²) in [4.78, 5) is 1.48. The van der Waals surface area contributed by atoms with Crippen molar-refractivity contribution >= 4 is 21.4 Å². The van der Waals surface area contributed by atoms with Crippen LogP contribution < -0.4 is 10.0 Å². The first-order valence-corrected chi connectivity index (χ1v) is 9.84. The second kappa shape index (κ2) is 4.78. The summed E-state index contributed by atoms with van der Waals surface area (Å²) in [7, 11) is -3.41. The molecule has 1 aromatic rings. The quantitative estimate of drug-likeness (QED) is 0.844. The van der Waals surface area contributed by atoms with E-state index in [4.69, 9.17) is 0 Å². The van der Waals surface area contributed by atoms with Crippen molar-refractivity contribution in [2.45, 2.75) is 64.1 Å². The van der Waals surface area contributed by atoms with Gasteiger partial charge in [0.1, 0.15) is 0 Å². The van der Waals surface area contributed by atoms with E-state index in [1.165, 1.54) is 24.2 Å². The lowest BCUT2D eigenvalue weighted by atomic mass is 10.0. The number of sulfonamides is 1. The SMILES string of the molecule is CC1(C)C(NS(=O)(=O)c2csc(CNC3CC3)c2)C1(C)C. The molecule has 0 aliphatic heterocycles. The highest BCUT2D eigenvalue weighted by Gasteiger charge is 2.66. The number of rotatable bonds is 6. The second-order valence-electron chi connectivity index (χ2n) is 7.40. The number of thiophene rings is 1. The Morgan fingerprint density at radius 1 is 1.24 bits per heavy atom. The Kier molecular flexibility index (Phi) is 3.52. The van der Waals surface area contributed by atoms with Crippen LogP contribution in [0.5, 0.6) is 0 Å². The third kappa shape index (κ3) is 2.79. The average molecular weight is 329 g/mol. The first-order chi connectivity index (χ1) is 9.64. The van der Waals surface area contributed by atoms with Crippen LogP contribution in [0, 0.1) is 10.8 Å². The van der Waals surface area contributed by atoms with Gasteiger partial charge in [0.25, 0.3) is 0 Å². The molecule has 6 heteroatoms. The third-order valence-electron chi connectivity index (χ3n) is 5.38. The zero-order valence-corrected chi connectivity index (χ0v) is 14.7. The minimum Gasteiger partial charge on any atom is -0.309 e. The molecule has 0 amide bonds. The zero-order valence-electron chi connectivity index (χ0n) is 13.1. The van der Waals surface area contributed by atoms with Gasteiger partial charge in [-0.1, -0.05) is 27.7 Å². The highest BCUT2D eigenvalue weighted by atomic mass is 32.2. The van der Waals surface area contributed by atoms with Gasteiger partial charge < -0.3 is 5.32 Å². The molecule has 21 heavy (non-hydrogen) atoms. The summed E-state index contributed by atoms with van der Waals surface area (Å²) in [5.41, 5.74) is 0.0128. The molecule has 2 N–H and O–H groups in total. The summed E-state index contributed by atoms with van der Waals surface area (Å²) in [5.74, 6) is 0. The molecule has 0 unspecified atom stereocenters. The molecule has 2 aliphatic carbocycles. The van der Waals surface area contributed by atoms with E-state index in [-0.39, 0.29) is 16.9 Å². The fourth-order valence-corrected chi connectivity index (χ4v) is 5.60. The summed E-state index contributed by atoms with van der Waals surface area (Å²) >= 11 is 1.51. The summed E-state index contributed by atoms with van der Waals surface area (Å²) in [6, 6.07) is 2.44. The zero-order chi connectivity index (χ0) is 15.5. The van der Waals surface area contributed by atoms with E-state index in [9.17, 15) is 8.42 Å². The molecule has 0 atom stereocenters. The van der Waals surface area contributed by atoms with Crippen molar-refractivity contribution in [1.29, 1.82) is 0 Å². The molecule has 0 aromatic carbocycles. The minimum atomic E-state index is -3.41. The molecular formula is C15H24N2O2S2. The molecule has 3 rings (SSSR count). The fraction of sp³-hybridized carbons (Fsp3) is 0.733. The molecule has 0 bridgehead atoms. The van der Waals surface area contributed by atoms with Gasteiger partial charge >= 0.3 is 0 Å². The van der Waals surface area contributed by atoms with Crippen molar-refractivity contribution in [1.82, 2.24) is 10.0 Å². The van der Waals surface area contributed by atoms with Crippen molar-refractivity contribution in [2.24, 2.45) is 10.8 Å². The summed E-state index contributed by atoms with van der Waals surface area (Å²) in [6.45, 7) is 9.21. The van der Waals surface area contributed by atoms with Gasteiger partial charge in [0, 0.05) is 28.9 Å². The van der Waals surface area contributed by atoms with Crippen LogP contribution in [-0.2, 0) is 16.6 Å². The van der Waals surface area contributed by atoms with Crippen LogP contribution in [0.4, 0.5) is 0 Å². The van der Waals surface area contributed by atoms with Crippen molar-refractivity contribution in [3.63, 3.8) is 0 Å². The maximum Gasteiger partial charge on any atom is 0.241 e. The van der Waals surface area contributed by atoms with Crippen LogP contribution in [-0.4, -0.2) is 20.5 Å². The Balaban J connectivity index is 1.67. The molecule has 0 saturated heterocycles. The van der Waals surface area contributed by atoms with Crippen LogP contribution >= 0.6 is 11.3 Å². The van der Waals surface area contributed by atoms with Gasteiger partial charge in [-0.25, -0.2) is 13.1 Å². The molecule has 2 aliphatic rings. The molecule has 118 valence electrons. The van der Waals surface area contributed by atoms with Crippen molar-refractivity contribution in [3.8, 4) is 0 Å². The van der Waals surface area contributed by atoms with E-state index < -0.39 is 10.0 Å². The Morgan fingerprint density at radius 2 is 1.86 bits per heavy atom. The van der Waals surface area contributed by atoms with E-state index in [1.54, 1.807) is 11.4 Å². The van der Waals surface area contributed by atoms with E-state index in [0.29, 0.717) is 10.9 Å².